The normalized spacial score (nSPS) is 15.5. The predicted octanol–water partition coefficient (Wildman–Crippen LogP) is 2.22. The molecule has 1 heterocycles. The Hall–Kier alpha value is -2.70. The molecule has 0 radical (unpaired) electrons. The van der Waals surface area contributed by atoms with Crippen LogP contribution >= 0.6 is 0 Å². The summed E-state index contributed by atoms with van der Waals surface area (Å²) < 4.78 is 5.42. The minimum atomic E-state index is -0.239. The van der Waals surface area contributed by atoms with Crippen molar-refractivity contribution in [3.05, 3.63) is 70.8 Å². The van der Waals surface area contributed by atoms with E-state index in [1.54, 1.807) is 0 Å². The number of nitrogens with zero attached hydrogens (tertiary/aromatic N) is 1. The number of nitrogens with one attached hydrogen (secondary N) is 2. The van der Waals surface area contributed by atoms with Gasteiger partial charge in [0.15, 0.2) is 0 Å². The second-order valence-electron chi connectivity index (χ2n) is 7.50. The zero-order valence-electron chi connectivity index (χ0n) is 17.1. The largest absolute Gasteiger partial charge is 0.379 e. The van der Waals surface area contributed by atoms with Crippen LogP contribution in [0.3, 0.4) is 0 Å². The highest BCUT2D eigenvalue weighted by atomic mass is 16.5. The fourth-order valence-corrected chi connectivity index (χ4v) is 3.58. The Bertz CT molecular complexity index is 812. The minimum Gasteiger partial charge on any atom is -0.379 e. The van der Waals surface area contributed by atoms with E-state index in [9.17, 15) is 9.59 Å². The lowest BCUT2D eigenvalue weighted by Crippen LogP contribution is -2.45. The number of ether oxygens (including phenoxy) is 1. The van der Waals surface area contributed by atoms with Gasteiger partial charge in [0.1, 0.15) is 0 Å². The van der Waals surface area contributed by atoms with Gasteiger partial charge in [-0.05, 0) is 31.5 Å². The fourth-order valence-electron chi connectivity index (χ4n) is 3.58. The molecule has 1 aliphatic heterocycles. The summed E-state index contributed by atoms with van der Waals surface area (Å²) in [6.07, 6.45) is 0. The van der Waals surface area contributed by atoms with Crippen molar-refractivity contribution in [2.45, 2.75) is 19.9 Å². The van der Waals surface area contributed by atoms with E-state index in [-0.39, 0.29) is 24.4 Å². The van der Waals surface area contributed by atoms with Gasteiger partial charge < -0.3 is 15.4 Å². The van der Waals surface area contributed by atoms with Crippen LogP contribution in [0, 0.1) is 13.8 Å². The predicted molar refractivity (Wildman–Crippen MR) is 113 cm³/mol. The molecular formula is C23H29N3O3. The molecule has 2 amide bonds. The maximum absolute atomic E-state index is 12.6. The molecule has 0 spiro atoms. The van der Waals surface area contributed by atoms with E-state index in [4.69, 9.17) is 4.74 Å². The molecule has 0 bridgehead atoms. The van der Waals surface area contributed by atoms with Gasteiger partial charge in [0.2, 0.25) is 5.91 Å². The highest BCUT2D eigenvalue weighted by Crippen LogP contribution is 2.15. The first kappa shape index (κ1) is 21.0. The number of aryl methyl sites for hydroxylation is 2. The quantitative estimate of drug-likeness (QED) is 0.754. The summed E-state index contributed by atoms with van der Waals surface area (Å²) >= 11 is 0. The molecule has 0 saturated carbocycles. The zero-order valence-corrected chi connectivity index (χ0v) is 17.1. The lowest BCUT2D eigenvalue weighted by molar-refractivity contribution is -0.121. The molecule has 0 aliphatic carbocycles. The second kappa shape index (κ2) is 10.2. The summed E-state index contributed by atoms with van der Waals surface area (Å²) in [5.74, 6) is -0.443. The molecule has 2 aromatic rings. The van der Waals surface area contributed by atoms with Crippen molar-refractivity contribution >= 4 is 11.8 Å². The third kappa shape index (κ3) is 6.41. The van der Waals surface area contributed by atoms with Gasteiger partial charge in [0.05, 0.1) is 25.8 Å². The van der Waals surface area contributed by atoms with Crippen LogP contribution in [0.1, 0.15) is 33.1 Å². The van der Waals surface area contributed by atoms with Crippen LogP contribution in [0.2, 0.25) is 0 Å². The topological polar surface area (TPSA) is 70.7 Å². The van der Waals surface area contributed by atoms with Crippen LogP contribution in [-0.4, -0.2) is 56.1 Å². The average molecular weight is 396 g/mol. The molecule has 1 saturated heterocycles. The van der Waals surface area contributed by atoms with E-state index in [2.05, 4.69) is 15.5 Å². The van der Waals surface area contributed by atoms with E-state index in [1.807, 2.05) is 62.4 Å². The zero-order chi connectivity index (χ0) is 20.6. The van der Waals surface area contributed by atoms with Crippen LogP contribution in [0.15, 0.2) is 48.5 Å². The molecule has 154 valence electrons. The number of hydrogen-bond donors (Lipinski definition) is 2. The van der Waals surface area contributed by atoms with Crippen LogP contribution in [0.5, 0.6) is 0 Å². The van der Waals surface area contributed by atoms with E-state index >= 15 is 0 Å². The second-order valence-corrected chi connectivity index (χ2v) is 7.50. The maximum Gasteiger partial charge on any atom is 0.251 e. The summed E-state index contributed by atoms with van der Waals surface area (Å²) in [5.41, 5.74) is 3.67. The van der Waals surface area contributed by atoms with Crippen molar-refractivity contribution in [2.24, 2.45) is 0 Å². The van der Waals surface area contributed by atoms with Crippen molar-refractivity contribution in [3.63, 3.8) is 0 Å². The Balaban J connectivity index is 1.59. The summed E-state index contributed by atoms with van der Waals surface area (Å²) in [4.78, 5) is 27.3. The molecule has 1 atom stereocenters. The molecule has 1 fully saturated rings. The Labute approximate surface area is 172 Å². The van der Waals surface area contributed by atoms with Crippen LogP contribution < -0.4 is 10.6 Å². The first-order valence-corrected chi connectivity index (χ1v) is 10.0. The van der Waals surface area contributed by atoms with Gasteiger partial charge in [-0.2, -0.15) is 0 Å². The number of carbonyl (C=O) groups excluding carboxylic acids is 2. The molecule has 6 heteroatoms. The van der Waals surface area contributed by atoms with Gasteiger partial charge in [0, 0.05) is 25.2 Å². The number of hydrogen-bond acceptors (Lipinski definition) is 4. The van der Waals surface area contributed by atoms with Crippen LogP contribution in [0.4, 0.5) is 0 Å². The van der Waals surface area contributed by atoms with E-state index in [1.165, 1.54) is 0 Å². The third-order valence-electron chi connectivity index (χ3n) is 4.98. The van der Waals surface area contributed by atoms with Gasteiger partial charge in [-0.15, -0.1) is 0 Å². The van der Waals surface area contributed by atoms with Crippen molar-refractivity contribution in [1.29, 1.82) is 0 Å². The Morgan fingerprint density at radius 1 is 1.03 bits per heavy atom. The average Bonchev–Trinajstić information content (AvgIpc) is 2.72. The number of benzene rings is 2. The molecule has 3 rings (SSSR count). The maximum atomic E-state index is 12.6. The summed E-state index contributed by atoms with van der Waals surface area (Å²) in [5, 5.41) is 5.80. The first-order chi connectivity index (χ1) is 14.0. The van der Waals surface area contributed by atoms with E-state index < -0.39 is 0 Å². The number of morpholine rings is 1. The summed E-state index contributed by atoms with van der Waals surface area (Å²) in [6, 6.07) is 15.4. The van der Waals surface area contributed by atoms with Crippen molar-refractivity contribution in [1.82, 2.24) is 15.5 Å². The molecule has 0 aromatic heterocycles. The highest BCUT2D eigenvalue weighted by molar-refractivity contribution is 5.96. The smallest absolute Gasteiger partial charge is 0.251 e. The van der Waals surface area contributed by atoms with Gasteiger partial charge >= 0.3 is 0 Å². The van der Waals surface area contributed by atoms with Gasteiger partial charge in [0.25, 0.3) is 5.91 Å². The number of carbonyl (C=O) groups is 2. The third-order valence-corrected chi connectivity index (χ3v) is 4.98. The SMILES string of the molecule is Cc1cc(C)cc(C(=O)NCC(=O)NC(CN2CCOCC2)c2ccccc2)c1. The Kier molecular flexibility index (Phi) is 7.38. The minimum absolute atomic E-state index is 0.0573. The molecule has 2 N–H and O–H groups in total. The van der Waals surface area contributed by atoms with Gasteiger partial charge in [-0.3, -0.25) is 14.5 Å². The molecule has 29 heavy (non-hydrogen) atoms. The van der Waals surface area contributed by atoms with E-state index in [0.29, 0.717) is 25.3 Å². The lowest BCUT2D eigenvalue weighted by atomic mass is 10.1. The monoisotopic (exact) mass is 395 g/mol. The van der Waals surface area contributed by atoms with E-state index in [0.717, 1.165) is 29.8 Å². The molecule has 1 aliphatic rings. The van der Waals surface area contributed by atoms with Gasteiger partial charge in [-0.25, -0.2) is 0 Å². The molecule has 6 nitrogen and oxygen atoms in total. The fraction of sp³-hybridized carbons (Fsp3) is 0.391. The van der Waals surface area contributed by atoms with Crippen LogP contribution in [0.25, 0.3) is 0 Å². The molecule has 2 aromatic carbocycles. The first-order valence-electron chi connectivity index (χ1n) is 10.0. The Morgan fingerprint density at radius 2 is 1.69 bits per heavy atom. The Morgan fingerprint density at radius 3 is 2.34 bits per heavy atom. The van der Waals surface area contributed by atoms with Crippen LogP contribution in [-0.2, 0) is 9.53 Å². The highest BCUT2D eigenvalue weighted by Gasteiger charge is 2.20. The number of amides is 2. The molecular weight excluding hydrogens is 366 g/mol. The molecule has 1 unspecified atom stereocenters. The summed E-state index contributed by atoms with van der Waals surface area (Å²) in [7, 11) is 0. The van der Waals surface area contributed by atoms with Crippen molar-refractivity contribution < 1.29 is 14.3 Å². The lowest BCUT2D eigenvalue weighted by Gasteiger charge is -2.31. The van der Waals surface area contributed by atoms with Gasteiger partial charge in [-0.1, -0.05) is 47.5 Å². The van der Waals surface area contributed by atoms with Crippen molar-refractivity contribution in [3.8, 4) is 0 Å². The number of rotatable bonds is 7. The van der Waals surface area contributed by atoms with Crippen molar-refractivity contribution in [2.75, 3.05) is 39.4 Å². The summed E-state index contributed by atoms with van der Waals surface area (Å²) in [6.45, 7) is 7.68. The standard InChI is InChI=1S/C23H29N3O3/c1-17-12-18(2)14-20(13-17)23(28)24-15-22(27)25-21(19-6-4-3-5-7-19)16-26-8-10-29-11-9-26/h3-7,12-14,21H,8-11,15-16H2,1-2H3,(H,24,28)(H,25,27).